The molecule has 0 bridgehead atoms. The molecule has 0 unspecified atom stereocenters. The molecule has 2 aromatic carbocycles. The molecule has 0 saturated carbocycles. The van der Waals surface area contributed by atoms with Crippen molar-refractivity contribution in [2.45, 2.75) is 35.9 Å². The molecule has 0 radical (unpaired) electrons. The second-order valence-electron chi connectivity index (χ2n) is 9.35. The first-order valence-electron chi connectivity index (χ1n) is 12.7. The molecule has 3 N–H and O–H groups in total. The maximum absolute atomic E-state index is 13.0. The fourth-order valence-electron chi connectivity index (χ4n) is 4.06. The number of benzene rings is 2. The van der Waals surface area contributed by atoms with Gasteiger partial charge in [-0.05, 0) is 67.4 Å². The molecule has 0 aliphatic heterocycles. The average Bonchev–Trinajstić information content (AvgIpc) is 2.94. The summed E-state index contributed by atoms with van der Waals surface area (Å²) in [5.41, 5.74) is -2.66. The quantitative estimate of drug-likeness (QED) is 0.0722. The zero-order chi connectivity index (χ0) is 34.9. The molecule has 0 atom stereocenters. The van der Waals surface area contributed by atoms with Crippen LogP contribution < -0.4 is 105 Å². The first kappa shape index (κ1) is 46.4. The van der Waals surface area contributed by atoms with Gasteiger partial charge in [0.1, 0.15) is 25.9 Å². The van der Waals surface area contributed by atoms with Crippen molar-refractivity contribution in [3.8, 4) is 5.88 Å². The molecule has 2 heterocycles. The number of rotatable bonds is 11. The second kappa shape index (κ2) is 18.4. The summed E-state index contributed by atoms with van der Waals surface area (Å²) >= 11 is 5.99. The molecule has 0 aliphatic rings. The van der Waals surface area contributed by atoms with Crippen LogP contribution in [0.1, 0.15) is 18.1 Å². The molecule has 4 aromatic rings. The van der Waals surface area contributed by atoms with Gasteiger partial charge in [-0.1, -0.05) is 6.07 Å². The van der Waals surface area contributed by atoms with Gasteiger partial charge in [-0.15, -0.1) is 10.2 Å². The summed E-state index contributed by atoms with van der Waals surface area (Å²) in [6.45, 7) is 2.45. The van der Waals surface area contributed by atoms with Crippen molar-refractivity contribution in [1.29, 1.82) is 0 Å². The molecule has 4 rings (SSSR count). The average molecular weight is 797 g/mol. The summed E-state index contributed by atoms with van der Waals surface area (Å²) in [6.07, 6.45) is 0. The van der Waals surface area contributed by atoms with E-state index < -0.39 is 74.3 Å². The van der Waals surface area contributed by atoms with Crippen LogP contribution >= 0.6 is 11.6 Å². The molecule has 0 amide bonds. The zero-order valence-corrected chi connectivity index (χ0v) is 36.0. The number of hydrogen-bond acceptors (Lipinski definition) is 18. The van der Waals surface area contributed by atoms with Gasteiger partial charge in [-0.25, -0.2) is 25.3 Å². The smallest absolute Gasteiger partial charge is 0.748 e. The minimum atomic E-state index is -5.17. The third-order valence-electron chi connectivity index (χ3n) is 6.15. The van der Waals surface area contributed by atoms with Gasteiger partial charge in [-0.3, -0.25) is 9.36 Å². The van der Waals surface area contributed by atoms with E-state index in [1.54, 1.807) is 0 Å². The van der Waals surface area contributed by atoms with E-state index in [1.165, 1.54) is 26.0 Å². The van der Waals surface area contributed by atoms with E-state index in [-0.39, 0.29) is 129 Å². The van der Waals surface area contributed by atoms with Gasteiger partial charge < -0.3 is 29.4 Å². The molecule has 0 fully saturated rings. The Morgan fingerprint density at radius 1 is 0.860 bits per heavy atom. The molecular weight excluding hydrogens is 777 g/mol. The van der Waals surface area contributed by atoms with E-state index in [0.717, 1.165) is 34.9 Å². The van der Waals surface area contributed by atoms with E-state index in [4.69, 9.17) is 11.6 Å². The summed E-state index contributed by atoms with van der Waals surface area (Å²) in [4.78, 5) is 23.4. The normalized spacial score (nSPS) is 11.6. The van der Waals surface area contributed by atoms with Crippen LogP contribution in [-0.2, 0) is 42.7 Å². The fourth-order valence-corrected chi connectivity index (χ4v) is 6.02. The van der Waals surface area contributed by atoms with Gasteiger partial charge in [0, 0.05) is 23.5 Å². The van der Waals surface area contributed by atoms with Crippen molar-refractivity contribution in [1.82, 2.24) is 19.5 Å². The summed E-state index contributed by atoms with van der Waals surface area (Å²) in [7, 11) is -14.9. The number of hydrogen-bond donors (Lipinski definition) is 3. The Morgan fingerprint density at radius 3 is 1.96 bits per heavy atom. The van der Waals surface area contributed by atoms with E-state index >= 15 is 0 Å². The van der Waals surface area contributed by atoms with Crippen LogP contribution in [0.15, 0.2) is 67.3 Å². The summed E-state index contributed by atoms with van der Waals surface area (Å²) in [5, 5.41) is 22.9. The Balaban J connectivity index is 0.00000417. The van der Waals surface area contributed by atoms with Crippen LogP contribution in [0.25, 0.3) is 0 Å². The third kappa shape index (κ3) is 12.0. The van der Waals surface area contributed by atoms with E-state index in [2.05, 4.69) is 35.8 Å². The summed E-state index contributed by atoms with van der Waals surface area (Å²) in [5.74, 6) is -2.43. The molecule has 19 nitrogen and oxygen atoms in total. The predicted molar refractivity (Wildman–Crippen MR) is 161 cm³/mol. The fraction of sp³-hybridized carbons (Fsp3) is 0.167. The van der Waals surface area contributed by atoms with Crippen LogP contribution in [0.3, 0.4) is 0 Å². The Labute approximate surface area is 356 Å². The topological polar surface area (TPSA) is 301 Å². The number of nitrogens with one attached hydrogen (secondary N) is 2. The predicted octanol–water partition coefficient (Wildman–Crippen LogP) is -6.51. The molecule has 2 aromatic heterocycles. The van der Waals surface area contributed by atoms with Crippen LogP contribution in [0, 0.1) is 6.92 Å². The molecule has 0 saturated heterocycles. The monoisotopic (exact) mass is 796 g/mol. The number of halogens is 1. The number of azo groups is 1. The van der Waals surface area contributed by atoms with Gasteiger partial charge in [0.05, 0.1) is 25.7 Å². The van der Waals surface area contributed by atoms with Crippen LogP contribution in [0.2, 0.25) is 5.28 Å². The van der Waals surface area contributed by atoms with Crippen molar-refractivity contribution >= 4 is 76.6 Å². The van der Waals surface area contributed by atoms with Crippen molar-refractivity contribution < 1.29 is 133 Å². The molecule has 0 aliphatic carbocycles. The molecule has 50 heavy (non-hydrogen) atoms. The van der Waals surface area contributed by atoms with E-state index in [9.17, 15) is 48.8 Å². The van der Waals surface area contributed by atoms with E-state index in [1.807, 2.05) is 0 Å². The maximum Gasteiger partial charge on any atom is 1.00 e. The van der Waals surface area contributed by atoms with Crippen LogP contribution in [0.4, 0.5) is 34.6 Å². The maximum atomic E-state index is 13.0. The Hall–Kier alpha value is -1.58. The minimum Gasteiger partial charge on any atom is -0.748 e. The number of anilines is 4. The van der Waals surface area contributed by atoms with E-state index in [0.29, 0.717) is 0 Å². The number of nitrogens with zero attached hydrogens (tertiary/aromatic N) is 6. The standard InChI is InChI=1S/C24H23ClN8O11S3.3Na/c1-3-33-20(34)16(11-45(36,37)38)12(2)19(21(33)35)32-31-17-10-14(7-8-18(17)47(42,43)44)27-24-29-22(25)28-23(30-24)26-13-5-4-6-15(9-13)46(39,40)41;;;/h4-10,34H,3,11H2,1-2H3,(H,36,37,38)(H,39,40,41)(H,42,43,44)(H2,26,27,28,29,30);;;/q;3*+1/p-3. The number of pyridine rings is 1. The van der Waals surface area contributed by atoms with Crippen molar-refractivity contribution in [3.63, 3.8) is 0 Å². The summed E-state index contributed by atoms with van der Waals surface area (Å²) < 4.78 is 105. The van der Waals surface area contributed by atoms with Gasteiger partial charge in [0.25, 0.3) is 5.56 Å². The first-order chi connectivity index (χ1) is 21.8. The van der Waals surface area contributed by atoms with Crippen molar-refractivity contribution in [2.75, 3.05) is 10.6 Å². The molecule has 26 heteroatoms. The Kier molecular flexibility index (Phi) is 17.1. The van der Waals surface area contributed by atoms with Gasteiger partial charge in [0.15, 0.2) is 11.6 Å². The Morgan fingerprint density at radius 2 is 1.44 bits per heavy atom. The van der Waals surface area contributed by atoms with Crippen LogP contribution in [-0.4, -0.2) is 63.5 Å². The Bertz CT molecular complexity index is 2330. The molecule has 0 spiro atoms. The van der Waals surface area contributed by atoms with Crippen molar-refractivity contribution in [3.05, 3.63) is 69.2 Å². The SMILES string of the molecule is CCn1c(O)c(CS(=O)(=O)[O-])c(C)c(N=Nc2cc(Nc3nc(Cl)nc(Nc4cccc(S(=O)(=O)[O-])c4)n3)ccc2S(=O)(=O)[O-])c1=O.[Na+].[Na+].[Na+]. The molecule has 250 valence electrons. The number of aromatic hydroxyl groups is 1. The summed E-state index contributed by atoms with van der Waals surface area (Å²) in [6, 6.07) is 7.81. The number of aromatic nitrogens is 4. The third-order valence-corrected chi connectivity index (χ3v) is 8.67. The van der Waals surface area contributed by atoms with Crippen LogP contribution in [0.5, 0.6) is 5.88 Å². The minimum absolute atomic E-state index is 0. The van der Waals surface area contributed by atoms with Gasteiger partial charge >= 0.3 is 88.7 Å². The van der Waals surface area contributed by atoms with Crippen molar-refractivity contribution in [2.24, 2.45) is 10.2 Å². The second-order valence-corrected chi connectivity index (χ2v) is 13.8. The van der Waals surface area contributed by atoms with Gasteiger partial charge in [-0.2, -0.15) is 15.0 Å². The van der Waals surface area contributed by atoms with Gasteiger partial charge in [0.2, 0.25) is 17.2 Å². The molecular formula is C24H20ClN8Na3O11S3. The largest absolute Gasteiger partial charge is 1.00 e. The first-order valence-corrected chi connectivity index (χ1v) is 17.5. The zero-order valence-electron chi connectivity index (χ0n) is 26.8.